The molecule has 6 nitrogen and oxygen atoms in total. The van der Waals surface area contributed by atoms with Gasteiger partial charge in [0.05, 0.1) is 18.8 Å². The quantitative estimate of drug-likeness (QED) is 0.568. The summed E-state index contributed by atoms with van der Waals surface area (Å²) in [5.74, 6) is -2.40. The number of benzene rings is 2. The number of anilines is 1. The van der Waals surface area contributed by atoms with Gasteiger partial charge in [-0.3, -0.25) is 4.79 Å². The molecule has 0 bridgehead atoms. The highest BCUT2D eigenvalue weighted by Gasteiger charge is 2.39. The molecule has 2 heterocycles. The first-order valence-electron chi connectivity index (χ1n) is 8.95. The Balaban J connectivity index is 1.69. The highest BCUT2D eigenvalue weighted by Crippen LogP contribution is 2.42. The second kappa shape index (κ2) is 7.43. The Bertz CT molecular complexity index is 1100. The zero-order valence-corrected chi connectivity index (χ0v) is 15.6. The molecule has 1 aromatic heterocycles. The van der Waals surface area contributed by atoms with Crippen molar-refractivity contribution >= 4 is 11.6 Å². The van der Waals surface area contributed by atoms with E-state index in [-0.39, 0.29) is 23.6 Å². The fourth-order valence-electron chi connectivity index (χ4n) is 3.52. The molecule has 30 heavy (non-hydrogen) atoms. The molecule has 1 atom stereocenters. The lowest BCUT2D eigenvalue weighted by Gasteiger charge is -2.27. The van der Waals surface area contributed by atoms with E-state index < -0.39 is 29.8 Å². The second-order valence-corrected chi connectivity index (χ2v) is 6.65. The van der Waals surface area contributed by atoms with E-state index in [0.717, 1.165) is 11.6 Å². The molecule has 10 heteroatoms. The van der Waals surface area contributed by atoms with Gasteiger partial charge in [0.1, 0.15) is 11.6 Å². The van der Waals surface area contributed by atoms with Gasteiger partial charge >= 0.3 is 12.1 Å². The van der Waals surface area contributed by atoms with Gasteiger partial charge in [0.2, 0.25) is 11.7 Å². The van der Waals surface area contributed by atoms with E-state index in [1.807, 2.05) is 0 Å². The third kappa shape index (κ3) is 3.49. The van der Waals surface area contributed by atoms with Gasteiger partial charge in [-0.25, -0.2) is 4.39 Å². The molecule has 1 fully saturated rings. The van der Waals surface area contributed by atoms with E-state index in [1.165, 1.54) is 24.1 Å². The van der Waals surface area contributed by atoms with Crippen LogP contribution in [0, 0.1) is 5.82 Å². The summed E-state index contributed by atoms with van der Waals surface area (Å²) in [6.07, 6.45) is -4.10. The number of carbonyl (C=O) groups is 1. The maximum Gasteiger partial charge on any atom is 0.471 e. The number of hydrogen-bond acceptors (Lipinski definition) is 5. The Labute approximate surface area is 168 Å². The van der Waals surface area contributed by atoms with Crippen LogP contribution in [-0.4, -0.2) is 23.2 Å². The minimum Gasteiger partial charge on any atom is -0.496 e. The summed E-state index contributed by atoms with van der Waals surface area (Å²) in [7, 11) is 1.51. The minimum atomic E-state index is -4.80. The lowest BCUT2D eigenvalue weighted by atomic mass is 10.0. The van der Waals surface area contributed by atoms with Gasteiger partial charge in [-0.1, -0.05) is 23.4 Å². The maximum absolute atomic E-state index is 14.9. The number of rotatable bonds is 4. The molecule has 1 saturated heterocycles. The van der Waals surface area contributed by atoms with E-state index >= 15 is 0 Å². The van der Waals surface area contributed by atoms with E-state index in [9.17, 15) is 22.4 Å². The van der Waals surface area contributed by atoms with Crippen LogP contribution in [-0.2, 0) is 11.0 Å². The Morgan fingerprint density at radius 2 is 1.97 bits per heavy atom. The Hall–Kier alpha value is -3.43. The first-order valence-corrected chi connectivity index (χ1v) is 8.95. The minimum absolute atomic E-state index is 0.00372. The first kappa shape index (κ1) is 19.9. The lowest BCUT2D eigenvalue weighted by Crippen LogP contribution is -2.28. The molecule has 4 rings (SSSR count). The van der Waals surface area contributed by atoms with Crippen LogP contribution in [0.3, 0.4) is 0 Å². The van der Waals surface area contributed by atoms with E-state index in [0.29, 0.717) is 12.2 Å². The molecule has 1 aliphatic rings. The molecular weight excluding hydrogens is 406 g/mol. The van der Waals surface area contributed by atoms with Crippen molar-refractivity contribution in [3.8, 4) is 17.1 Å². The number of amides is 1. The standard InChI is InChI=1S/C20H15F4N3O3/c1-29-16-5-3-2-4-12(16)14-8-9-17(28)27(14)15-7-6-11(10-13(15)21)18-25-19(30-26-18)20(22,23)24/h2-7,10,14H,8-9H2,1H3. The third-order valence-corrected chi connectivity index (χ3v) is 4.84. The van der Waals surface area contributed by atoms with Gasteiger partial charge in [-0.05, 0) is 30.7 Å². The van der Waals surface area contributed by atoms with Crippen molar-refractivity contribution in [2.75, 3.05) is 12.0 Å². The average Bonchev–Trinajstić information content (AvgIpc) is 3.35. The number of aromatic nitrogens is 2. The molecular formula is C20H15F4N3O3. The zero-order valence-electron chi connectivity index (χ0n) is 15.6. The van der Waals surface area contributed by atoms with Crippen LogP contribution < -0.4 is 9.64 Å². The van der Waals surface area contributed by atoms with Gasteiger partial charge in [-0.2, -0.15) is 18.2 Å². The van der Waals surface area contributed by atoms with Gasteiger partial charge in [0, 0.05) is 17.5 Å². The molecule has 1 amide bonds. The monoisotopic (exact) mass is 421 g/mol. The van der Waals surface area contributed by atoms with Gasteiger partial charge in [0.15, 0.2) is 0 Å². The largest absolute Gasteiger partial charge is 0.496 e. The fraction of sp³-hybridized carbons (Fsp3) is 0.250. The summed E-state index contributed by atoms with van der Waals surface area (Å²) in [5.41, 5.74) is 0.745. The number of alkyl halides is 3. The maximum atomic E-state index is 14.9. The number of para-hydroxylation sites is 1. The summed E-state index contributed by atoms with van der Waals surface area (Å²) in [4.78, 5) is 17.1. The van der Waals surface area contributed by atoms with Crippen LogP contribution in [0.15, 0.2) is 47.0 Å². The number of carbonyl (C=O) groups excluding carboxylic acids is 1. The van der Waals surface area contributed by atoms with Gasteiger partial charge in [-0.15, -0.1) is 0 Å². The first-order chi connectivity index (χ1) is 14.3. The molecule has 0 spiro atoms. The molecule has 1 aliphatic heterocycles. The molecule has 1 unspecified atom stereocenters. The molecule has 0 N–H and O–H groups in total. The normalized spacial score (nSPS) is 16.9. The van der Waals surface area contributed by atoms with Crippen molar-refractivity contribution in [3.05, 3.63) is 59.7 Å². The smallest absolute Gasteiger partial charge is 0.471 e. The van der Waals surface area contributed by atoms with Crippen molar-refractivity contribution in [2.24, 2.45) is 0 Å². The lowest BCUT2D eigenvalue weighted by molar-refractivity contribution is -0.159. The molecule has 0 aliphatic carbocycles. The van der Waals surface area contributed by atoms with Crippen LogP contribution in [0.1, 0.15) is 30.3 Å². The van der Waals surface area contributed by atoms with Crippen molar-refractivity contribution in [1.82, 2.24) is 10.1 Å². The van der Waals surface area contributed by atoms with Crippen molar-refractivity contribution in [1.29, 1.82) is 0 Å². The Kier molecular flexibility index (Phi) is 4.92. The van der Waals surface area contributed by atoms with Crippen molar-refractivity contribution in [3.63, 3.8) is 0 Å². The number of nitrogens with zero attached hydrogens (tertiary/aromatic N) is 3. The molecule has 156 valence electrons. The fourth-order valence-corrected chi connectivity index (χ4v) is 3.52. The van der Waals surface area contributed by atoms with Crippen LogP contribution in [0.25, 0.3) is 11.4 Å². The van der Waals surface area contributed by atoms with E-state index in [4.69, 9.17) is 4.74 Å². The second-order valence-electron chi connectivity index (χ2n) is 6.65. The Morgan fingerprint density at radius 3 is 2.63 bits per heavy atom. The zero-order chi connectivity index (χ0) is 21.5. The summed E-state index contributed by atoms with van der Waals surface area (Å²) in [6.45, 7) is 0. The van der Waals surface area contributed by atoms with Crippen LogP contribution in [0.4, 0.5) is 23.2 Å². The molecule has 2 aromatic carbocycles. The Morgan fingerprint density at radius 1 is 1.20 bits per heavy atom. The predicted octanol–water partition coefficient (Wildman–Crippen LogP) is 4.77. The summed E-state index contributed by atoms with van der Waals surface area (Å²) in [6, 6.07) is 10.4. The number of hydrogen-bond donors (Lipinski definition) is 0. The van der Waals surface area contributed by atoms with Crippen LogP contribution in [0.5, 0.6) is 5.75 Å². The van der Waals surface area contributed by atoms with Crippen molar-refractivity contribution < 1.29 is 31.6 Å². The molecule has 0 radical (unpaired) electrons. The summed E-state index contributed by atoms with van der Waals surface area (Å²) >= 11 is 0. The highest BCUT2D eigenvalue weighted by atomic mass is 19.4. The van der Waals surface area contributed by atoms with Gasteiger partial charge < -0.3 is 14.2 Å². The third-order valence-electron chi connectivity index (χ3n) is 4.84. The van der Waals surface area contributed by atoms with Crippen molar-refractivity contribution in [2.45, 2.75) is 25.1 Å². The topological polar surface area (TPSA) is 68.5 Å². The molecule has 0 saturated carbocycles. The number of halogens is 4. The van der Waals surface area contributed by atoms with Gasteiger partial charge in [0.25, 0.3) is 0 Å². The van der Waals surface area contributed by atoms with E-state index in [2.05, 4.69) is 14.7 Å². The molecule has 3 aromatic rings. The van der Waals surface area contributed by atoms with Crippen LogP contribution in [0.2, 0.25) is 0 Å². The predicted molar refractivity (Wildman–Crippen MR) is 97.1 cm³/mol. The highest BCUT2D eigenvalue weighted by molar-refractivity contribution is 5.97. The summed E-state index contributed by atoms with van der Waals surface area (Å²) < 4.78 is 62.4. The number of methoxy groups -OCH3 is 1. The SMILES string of the molecule is COc1ccccc1C1CCC(=O)N1c1ccc(-c2noc(C(F)(F)F)n2)cc1F. The van der Waals surface area contributed by atoms with Crippen LogP contribution >= 0.6 is 0 Å². The summed E-state index contributed by atoms with van der Waals surface area (Å²) in [5, 5.41) is 3.25. The van der Waals surface area contributed by atoms with E-state index in [1.54, 1.807) is 24.3 Å². The average molecular weight is 421 g/mol. The number of ether oxygens (including phenoxy) is 1.